The lowest BCUT2D eigenvalue weighted by molar-refractivity contribution is 0.408. The van der Waals surface area contributed by atoms with Crippen molar-refractivity contribution in [3.8, 4) is 11.4 Å². The standard InChI is InChI=1S/C17H18BrN5OS/c1-24-16-8-7-14(18)11-13(16)12-19-9-10-25-17-20-21-22-23(17)15-5-3-2-4-6-15/h2-8,11,19H,9-10,12H2,1H3. The second-order valence-corrected chi connectivity index (χ2v) is 7.17. The topological polar surface area (TPSA) is 64.9 Å². The van der Waals surface area contributed by atoms with Crippen LogP contribution in [0.4, 0.5) is 0 Å². The largest absolute Gasteiger partial charge is 0.496 e. The molecule has 1 N–H and O–H groups in total. The SMILES string of the molecule is COc1ccc(Br)cc1CNCCSc1nnnn1-c1ccccc1. The summed E-state index contributed by atoms with van der Waals surface area (Å²) in [6.07, 6.45) is 0. The molecule has 8 heteroatoms. The minimum Gasteiger partial charge on any atom is -0.496 e. The van der Waals surface area contributed by atoms with Crippen molar-refractivity contribution in [1.29, 1.82) is 0 Å². The summed E-state index contributed by atoms with van der Waals surface area (Å²) in [5.74, 6) is 1.75. The lowest BCUT2D eigenvalue weighted by Crippen LogP contribution is -2.17. The second kappa shape index (κ2) is 8.98. The van der Waals surface area contributed by atoms with Gasteiger partial charge in [0, 0.05) is 28.9 Å². The van der Waals surface area contributed by atoms with E-state index in [0.29, 0.717) is 0 Å². The molecule has 1 aromatic heterocycles. The highest BCUT2D eigenvalue weighted by molar-refractivity contribution is 9.10. The van der Waals surface area contributed by atoms with Crippen LogP contribution in [0.5, 0.6) is 5.75 Å². The summed E-state index contributed by atoms with van der Waals surface area (Å²) in [5, 5.41) is 16.1. The van der Waals surface area contributed by atoms with E-state index < -0.39 is 0 Å². The van der Waals surface area contributed by atoms with E-state index in [0.717, 1.165) is 45.5 Å². The molecule has 0 fully saturated rings. The van der Waals surface area contributed by atoms with Crippen molar-refractivity contribution in [2.45, 2.75) is 11.7 Å². The summed E-state index contributed by atoms with van der Waals surface area (Å²) in [5.41, 5.74) is 2.08. The Morgan fingerprint density at radius 3 is 2.84 bits per heavy atom. The van der Waals surface area contributed by atoms with Crippen molar-refractivity contribution in [2.24, 2.45) is 0 Å². The Kier molecular flexibility index (Phi) is 6.43. The molecule has 2 aromatic carbocycles. The molecule has 3 aromatic rings. The maximum atomic E-state index is 5.39. The Labute approximate surface area is 159 Å². The monoisotopic (exact) mass is 419 g/mol. The van der Waals surface area contributed by atoms with Gasteiger partial charge in [0.05, 0.1) is 12.8 Å². The Bertz CT molecular complexity index is 812. The predicted molar refractivity (Wildman–Crippen MR) is 102 cm³/mol. The van der Waals surface area contributed by atoms with Crippen LogP contribution in [0, 0.1) is 0 Å². The molecule has 0 aliphatic rings. The lowest BCUT2D eigenvalue weighted by Gasteiger charge is -2.10. The molecule has 25 heavy (non-hydrogen) atoms. The molecule has 0 bridgehead atoms. The number of benzene rings is 2. The van der Waals surface area contributed by atoms with Gasteiger partial charge in [0.1, 0.15) is 5.75 Å². The molecule has 0 spiro atoms. The third-order valence-electron chi connectivity index (χ3n) is 3.51. The molecule has 0 aliphatic heterocycles. The van der Waals surface area contributed by atoms with Crippen LogP contribution in [-0.4, -0.2) is 39.6 Å². The molecule has 0 saturated heterocycles. The van der Waals surface area contributed by atoms with Gasteiger partial charge in [-0.25, -0.2) is 0 Å². The van der Waals surface area contributed by atoms with E-state index in [1.807, 2.05) is 42.5 Å². The lowest BCUT2D eigenvalue weighted by atomic mass is 10.2. The zero-order valence-electron chi connectivity index (χ0n) is 13.7. The number of ether oxygens (including phenoxy) is 1. The van der Waals surface area contributed by atoms with Crippen LogP contribution in [0.15, 0.2) is 58.2 Å². The third-order valence-corrected chi connectivity index (χ3v) is 4.92. The number of hydrogen-bond donors (Lipinski definition) is 1. The van der Waals surface area contributed by atoms with Gasteiger partial charge in [0.2, 0.25) is 5.16 Å². The van der Waals surface area contributed by atoms with Gasteiger partial charge in [-0.05, 0) is 40.8 Å². The number of rotatable bonds is 8. The zero-order chi connectivity index (χ0) is 17.5. The number of thioether (sulfide) groups is 1. The summed E-state index contributed by atoms with van der Waals surface area (Å²) < 4.78 is 8.18. The summed E-state index contributed by atoms with van der Waals surface area (Å²) >= 11 is 5.11. The molecule has 0 saturated carbocycles. The summed E-state index contributed by atoms with van der Waals surface area (Å²) in [6, 6.07) is 15.9. The highest BCUT2D eigenvalue weighted by Crippen LogP contribution is 2.23. The van der Waals surface area contributed by atoms with Gasteiger partial charge < -0.3 is 10.1 Å². The van der Waals surface area contributed by atoms with Crippen LogP contribution in [0.3, 0.4) is 0 Å². The van der Waals surface area contributed by atoms with Crippen molar-refractivity contribution < 1.29 is 4.74 Å². The highest BCUT2D eigenvalue weighted by Gasteiger charge is 2.08. The first kappa shape index (κ1) is 17.9. The fraction of sp³-hybridized carbons (Fsp3) is 0.235. The number of nitrogens with zero attached hydrogens (tertiary/aromatic N) is 4. The molecule has 3 rings (SSSR count). The first-order chi connectivity index (χ1) is 12.3. The van der Waals surface area contributed by atoms with Gasteiger partial charge in [-0.15, -0.1) is 5.10 Å². The summed E-state index contributed by atoms with van der Waals surface area (Å²) in [6.45, 7) is 1.58. The Morgan fingerprint density at radius 2 is 2.04 bits per heavy atom. The average Bonchev–Trinajstić information content (AvgIpc) is 3.11. The fourth-order valence-corrected chi connectivity index (χ4v) is 3.52. The van der Waals surface area contributed by atoms with Crippen LogP contribution in [0.25, 0.3) is 5.69 Å². The number of aromatic nitrogens is 4. The number of methoxy groups -OCH3 is 1. The molecule has 6 nitrogen and oxygen atoms in total. The van der Waals surface area contributed by atoms with Gasteiger partial charge in [0.25, 0.3) is 0 Å². The minimum atomic E-state index is 0.743. The molecule has 130 valence electrons. The first-order valence-corrected chi connectivity index (χ1v) is 9.55. The summed E-state index contributed by atoms with van der Waals surface area (Å²) in [7, 11) is 1.69. The van der Waals surface area contributed by atoms with Gasteiger partial charge >= 0.3 is 0 Å². The summed E-state index contributed by atoms with van der Waals surface area (Å²) in [4.78, 5) is 0. The van der Waals surface area contributed by atoms with Gasteiger partial charge in [-0.3, -0.25) is 0 Å². The molecule has 0 aliphatic carbocycles. The van der Waals surface area contributed by atoms with Crippen molar-refractivity contribution in [1.82, 2.24) is 25.5 Å². The number of nitrogens with one attached hydrogen (secondary N) is 1. The fourth-order valence-electron chi connectivity index (χ4n) is 2.32. The van der Waals surface area contributed by atoms with Crippen LogP contribution >= 0.6 is 27.7 Å². The predicted octanol–water partition coefficient (Wildman–Crippen LogP) is 3.32. The molecule has 1 heterocycles. The number of para-hydroxylation sites is 1. The Hall–Kier alpha value is -1.90. The number of hydrogen-bond acceptors (Lipinski definition) is 6. The maximum Gasteiger partial charge on any atom is 0.214 e. The highest BCUT2D eigenvalue weighted by atomic mass is 79.9. The van der Waals surface area contributed by atoms with E-state index in [1.165, 1.54) is 0 Å². The van der Waals surface area contributed by atoms with Crippen LogP contribution < -0.4 is 10.1 Å². The molecule has 0 atom stereocenters. The maximum absolute atomic E-state index is 5.39. The number of halogens is 1. The van der Waals surface area contributed by atoms with E-state index in [-0.39, 0.29) is 0 Å². The molecular weight excluding hydrogens is 402 g/mol. The van der Waals surface area contributed by atoms with E-state index in [9.17, 15) is 0 Å². The van der Waals surface area contributed by atoms with E-state index in [4.69, 9.17) is 4.74 Å². The molecular formula is C17H18BrN5OS. The molecule has 0 radical (unpaired) electrons. The molecule has 0 amide bonds. The Balaban J connectivity index is 1.50. The first-order valence-electron chi connectivity index (χ1n) is 7.77. The zero-order valence-corrected chi connectivity index (χ0v) is 16.1. The van der Waals surface area contributed by atoms with E-state index in [2.05, 4.69) is 42.8 Å². The minimum absolute atomic E-state index is 0.743. The quantitative estimate of drug-likeness (QED) is 0.446. The van der Waals surface area contributed by atoms with Gasteiger partial charge in [-0.1, -0.05) is 45.9 Å². The van der Waals surface area contributed by atoms with E-state index >= 15 is 0 Å². The van der Waals surface area contributed by atoms with Crippen molar-refractivity contribution >= 4 is 27.7 Å². The van der Waals surface area contributed by atoms with E-state index in [1.54, 1.807) is 23.6 Å². The van der Waals surface area contributed by atoms with Crippen molar-refractivity contribution in [3.05, 3.63) is 58.6 Å². The smallest absolute Gasteiger partial charge is 0.214 e. The van der Waals surface area contributed by atoms with Gasteiger partial charge in [-0.2, -0.15) is 4.68 Å². The van der Waals surface area contributed by atoms with Crippen LogP contribution in [-0.2, 0) is 6.54 Å². The van der Waals surface area contributed by atoms with Gasteiger partial charge in [0.15, 0.2) is 0 Å². The van der Waals surface area contributed by atoms with Crippen molar-refractivity contribution in [3.63, 3.8) is 0 Å². The normalized spacial score (nSPS) is 10.8. The third kappa shape index (κ3) is 4.81. The number of tetrazole rings is 1. The average molecular weight is 420 g/mol. The second-order valence-electron chi connectivity index (χ2n) is 5.19. The van der Waals surface area contributed by atoms with Crippen LogP contribution in [0.2, 0.25) is 0 Å². The van der Waals surface area contributed by atoms with Crippen molar-refractivity contribution in [2.75, 3.05) is 19.4 Å². The Morgan fingerprint density at radius 1 is 1.20 bits per heavy atom. The molecule has 0 unspecified atom stereocenters. The van der Waals surface area contributed by atoms with Crippen LogP contribution in [0.1, 0.15) is 5.56 Å².